The Morgan fingerprint density at radius 2 is 1.18 bits per heavy atom. The molecular weight excluding hydrogens is 578 g/mol. The second-order valence-corrected chi connectivity index (χ2v) is 12.6. The number of ketones is 2. The summed E-state index contributed by atoms with van der Waals surface area (Å²) in [4.78, 5) is 24.5. The van der Waals surface area contributed by atoms with E-state index in [-0.39, 0.29) is 11.3 Å². The molecule has 0 amide bonds. The third kappa shape index (κ3) is 4.34. The number of benzene rings is 3. The number of carbonyl (C=O) groups is 2. The monoisotopic (exact) mass is 597 g/mol. The fourth-order valence-electron chi connectivity index (χ4n) is 4.62. The third-order valence-electron chi connectivity index (χ3n) is 6.22. The summed E-state index contributed by atoms with van der Waals surface area (Å²) in [7, 11) is -13.8. The summed E-state index contributed by atoms with van der Waals surface area (Å²) >= 11 is 0. The largest absolute Gasteiger partial charge is 0.397 e. The van der Waals surface area contributed by atoms with Crippen LogP contribution in [0, 0.1) is 6.92 Å². The van der Waals surface area contributed by atoms with Crippen LogP contribution in [0.4, 0.5) is 17.1 Å². The van der Waals surface area contributed by atoms with E-state index in [0.717, 1.165) is 18.2 Å². The first-order valence-corrected chi connectivity index (χ1v) is 14.9. The highest BCUT2D eigenvalue weighted by Gasteiger charge is 2.40. The van der Waals surface area contributed by atoms with Crippen molar-refractivity contribution in [3.63, 3.8) is 0 Å². The molecule has 8 N–H and O–H groups in total. The number of fused-ring (bicyclic) bond motifs is 2. The molecule has 3 aromatic rings. The van der Waals surface area contributed by atoms with Crippen LogP contribution in [-0.4, -0.2) is 57.5 Å². The molecule has 0 bridgehead atoms. The van der Waals surface area contributed by atoms with Crippen LogP contribution in [0.2, 0.25) is 0 Å². The van der Waals surface area contributed by atoms with Crippen molar-refractivity contribution < 1.29 is 48.5 Å². The molecule has 1 aliphatic rings. The minimum Gasteiger partial charge on any atom is -0.397 e. The first-order valence-electron chi connectivity index (χ1n) is 10.5. The van der Waals surface area contributed by atoms with Crippen molar-refractivity contribution in [3.8, 4) is 11.1 Å². The standard InChI is InChI=1S/C22H19N3O11S3/c1-8-13(25-2)6-5-11(21(8)38(31,32)33)14-15-16(18(24)22(17(14)23)39(34,35)36)20(27)12-7-9(37(28,29)30)3-4-10(12)19(15)26/h3-7,25H,23-24H2,1-2H3,(H,28,29,30)(H,31,32,33)(H,34,35,36). The van der Waals surface area contributed by atoms with Crippen LogP contribution < -0.4 is 16.8 Å². The van der Waals surface area contributed by atoms with Gasteiger partial charge >= 0.3 is 0 Å². The summed E-state index contributed by atoms with van der Waals surface area (Å²) in [5, 5.41) is 2.70. The van der Waals surface area contributed by atoms with Gasteiger partial charge in [0, 0.05) is 40.6 Å². The summed E-state index contributed by atoms with van der Waals surface area (Å²) in [6, 6.07) is 4.83. The molecule has 14 nitrogen and oxygen atoms in total. The topological polar surface area (TPSA) is 261 Å². The van der Waals surface area contributed by atoms with Gasteiger partial charge in [-0.05, 0) is 36.8 Å². The summed E-state index contributed by atoms with van der Waals surface area (Å²) in [6.07, 6.45) is 0. The Labute approximate surface area is 221 Å². The van der Waals surface area contributed by atoms with Gasteiger partial charge in [-0.15, -0.1) is 0 Å². The van der Waals surface area contributed by atoms with E-state index in [2.05, 4.69) is 5.32 Å². The molecule has 0 radical (unpaired) electrons. The number of hydrogen-bond donors (Lipinski definition) is 6. The fraction of sp³-hybridized carbons (Fsp3) is 0.0909. The smallest absolute Gasteiger partial charge is 0.298 e. The maximum Gasteiger partial charge on any atom is 0.298 e. The molecule has 206 valence electrons. The quantitative estimate of drug-likeness (QED) is 0.140. The van der Waals surface area contributed by atoms with E-state index in [4.69, 9.17) is 11.5 Å². The highest BCUT2D eigenvalue weighted by Crippen LogP contribution is 2.48. The van der Waals surface area contributed by atoms with Crippen molar-refractivity contribution in [2.24, 2.45) is 0 Å². The molecule has 0 atom stereocenters. The van der Waals surface area contributed by atoms with Crippen LogP contribution in [0.25, 0.3) is 11.1 Å². The molecule has 0 heterocycles. The molecule has 17 heteroatoms. The van der Waals surface area contributed by atoms with Gasteiger partial charge in [0.2, 0.25) is 0 Å². The van der Waals surface area contributed by atoms with Crippen LogP contribution in [-0.2, 0) is 30.4 Å². The Bertz CT molecular complexity index is 1980. The Balaban J connectivity index is 2.28. The summed E-state index contributed by atoms with van der Waals surface area (Å²) in [5.74, 6) is -2.24. The Morgan fingerprint density at radius 1 is 0.667 bits per heavy atom. The van der Waals surface area contributed by atoms with Gasteiger partial charge in [0.25, 0.3) is 30.4 Å². The zero-order chi connectivity index (χ0) is 29.4. The number of rotatable bonds is 5. The molecule has 1 aliphatic carbocycles. The second kappa shape index (κ2) is 8.83. The van der Waals surface area contributed by atoms with Crippen LogP contribution in [0.3, 0.4) is 0 Å². The molecule has 0 unspecified atom stereocenters. The van der Waals surface area contributed by atoms with Crippen molar-refractivity contribution in [2.45, 2.75) is 21.6 Å². The molecule has 0 saturated carbocycles. The van der Waals surface area contributed by atoms with Gasteiger partial charge in [0.05, 0.1) is 21.8 Å². The highest BCUT2D eigenvalue weighted by atomic mass is 32.2. The average Bonchev–Trinajstić information content (AvgIpc) is 2.79. The Hall–Kier alpha value is -3.87. The van der Waals surface area contributed by atoms with Crippen molar-refractivity contribution in [1.29, 1.82) is 0 Å². The zero-order valence-electron chi connectivity index (χ0n) is 19.9. The van der Waals surface area contributed by atoms with Gasteiger partial charge < -0.3 is 16.8 Å². The molecule has 0 saturated heterocycles. The number of hydrogen-bond acceptors (Lipinski definition) is 11. The molecule has 0 aliphatic heterocycles. The minimum absolute atomic E-state index is 0.0661. The second-order valence-electron chi connectivity index (χ2n) is 8.44. The SMILES string of the molecule is CNc1ccc(-c2c(N)c(S(=O)(=O)O)c(N)c3c2C(=O)c2ccc(S(=O)(=O)O)cc2C3=O)c(S(=O)(=O)O)c1C. The van der Waals surface area contributed by atoms with E-state index in [1.54, 1.807) is 0 Å². The molecule has 0 fully saturated rings. The van der Waals surface area contributed by atoms with Crippen molar-refractivity contribution >= 4 is 59.0 Å². The van der Waals surface area contributed by atoms with Crippen molar-refractivity contribution in [2.75, 3.05) is 23.8 Å². The number of carbonyl (C=O) groups excluding carboxylic acids is 2. The Kier molecular flexibility index (Phi) is 6.37. The average molecular weight is 598 g/mol. The predicted molar refractivity (Wildman–Crippen MR) is 138 cm³/mol. The molecule has 0 aromatic heterocycles. The van der Waals surface area contributed by atoms with E-state index in [0.29, 0.717) is 6.07 Å². The lowest BCUT2D eigenvalue weighted by atomic mass is 9.78. The third-order valence-corrected chi connectivity index (χ3v) is 9.07. The normalized spacial score (nSPS) is 13.7. The van der Waals surface area contributed by atoms with Gasteiger partial charge in [0.1, 0.15) is 9.79 Å². The zero-order valence-corrected chi connectivity index (χ0v) is 22.3. The molecule has 39 heavy (non-hydrogen) atoms. The summed E-state index contributed by atoms with van der Waals surface area (Å²) < 4.78 is 102. The van der Waals surface area contributed by atoms with Crippen LogP contribution in [0.5, 0.6) is 0 Å². The lowest BCUT2D eigenvalue weighted by Gasteiger charge is -2.26. The van der Waals surface area contributed by atoms with Crippen molar-refractivity contribution in [1.82, 2.24) is 0 Å². The van der Waals surface area contributed by atoms with Gasteiger partial charge in [-0.1, -0.05) is 6.07 Å². The number of nitrogens with one attached hydrogen (secondary N) is 1. The van der Waals surface area contributed by atoms with Gasteiger partial charge in [-0.2, -0.15) is 25.3 Å². The van der Waals surface area contributed by atoms with Gasteiger partial charge in [-0.25, -0.2) is 0 Å². The maximum atomic E-state index is 13.7. The Morgan fingerprint density at radius 3 is 1.69 bits per heavy atom. The van der Waals surface area contributed by atoms with Gasteiger partial charge in [0.15, 0.2) is 11.6 Å². The molecular formula is C22H19N3O11S3. The summed E-state index contributed by atoms with van der Waals surface area (Å²) in [6.45, 7) is 1.29. The van der Waals surface area contributed by atoms with E-state index >= 15 is 0 Å². The highest BCUT2D eigenvalue weighted by molar-refractivity contribution is 7.86. The van der Waals surface area contributed by atoms with Crippen LogP contribution >= 0.6 is 0 Å². The number of anilines is 3. The van der Waals surface area contributed by atoms with E-state index < -0.39 is 101 Å². The predicted octanol–water partition coefficient (Wildman–Crippen LogP) is 1.38. The van der Waals surface area contributed by atoms with Gasteiger partial charge in [-0.3, -0.25) is 23.2 Å². The molecule has 0 spiro atoms. The lowest BCUT2D eigenvalue weighted by Crippen LogP contribution is -2.26. The van der Waals surface area contributed by atoms with E-state index in [1.807, 2.05) is 0 Å². The molecule has 4 rings (SSSR count). The summed E-state index contributed by atoms with van der Waals surface area (Å²) in [5.41, 5.74) is 6.70. The first-order chi connectivity index (χ1) is 17.8. The van der Waals surface area contributed by atoms with E-state index in [1.165, 1.54) is 20.0 Å². The fourth-order valence-corrected chi connectivity index (χ4v) is 6.83. The maximum absolute atomic E-state index is 13.7. The van der Waals surface area contributed by atoms with E-state index in [9.17, 15) is 48.5 Å². The number of nitrogen functional groups attached to an aromatic ring is 2. The van der Waals surface area contributed by atoms with Crippen molar-refractivity contribution in [3.05, 3.63) is 58.1 Å². The molecule has 3 aromatic carbocycles. The van der Waals surface area contributed by atoms with Crippen LogP contribution in [0.15, 0.2) is 45.0 Å². The first kappa shape index (κ1) is 28.1. The number of nitrogens with two attached hydrogens (primary N) is 2. The van der Waals surface area contributed by atoms with Crippen LogP contribution in [0.1, 0.15) is 37.4 Å². The minimum atomic E-state index is -5.32. The lowest BCUT2D eigenvalue weighted by molar-refractivity contribution is 0.0979.